The lowest BCUT2D eigenvalue weighted by molar-refractivity contribution is -0.384. The Balaban J connectivity index is 1.45. The Labute approximate surface area is 179 Å². The third-order valence-electron chi connectivity index (χ3n) is 5.40. The highest BCUT2D eigenvalue weighted by molar-refractivity contribution is 6.02. The maximum Gasteiger partial charge on any atom is 0.271 e. The zero-order chi connectivity index (χ0) is 21.8. The second kappa shape index (κ2) is 8.99. The summed E-state index contributed by atoms with van der Waals surface area (Å²) in [6.45, 7) is 1.68. The van der Waals surface area contributed by atoms with E-state index in [4.69, 9.17) is 4.74 Å². The SMILES string of the molecule is O=C(CN1C(=O)COc2ccc([N+](=O)[O-])cc21)NCc1cccnc1N1CCCCC1. The number of nitro benzene ring substituents is 1. The van der Waals surface area contributed by atoms with Crippen molar-refractivity contribution >= 4 is 29.0 Å². The summed E-state index contributed by atoms with van der Waals surface area (Å²) in [6, 6.07) is 7.74. The van der Waals surface area contributed by atoms with Gasteiger partial charge in [0.1, 0.15) is 18.1 Å². The van der Waals surface area contributed by atoms with Crippen LogP contribution in [0.15, 0.2) is 36.5 Å². The highest BCUT2D eigenvalue weighted by Gasteiger charge is 2.29. The first-order chi connectivity index (χ1) is 15.0. The average Bonchev–Trinajstić information content (AvgIpc) is 2.80. The van der Waals surface area contributed by atoms with Crippen molar-refractivity contribution in [1.29, 1.82) is 0 Å². The minimum Gasteiger partial charge on any atom is -0.482 e. The summed E-state index contributed by atoms with van der Waals surface area (Å²) >= 11 is 0. The largest absolute Gasteiger partial charge is 0.482 e. The van der Waals surface area contributed by atoms with Gasteiger partial charge < -0.3 is 15.0 Å². The third kappa shape index (κ3) is 4.57. The fourth-order valence-electron chi connectivity index (χ4n) is 3.83. The van der Waals surface area contributed by atoms with E-state index in [0.29, 0.717) is 5.75 Å². The van der Waals surface area contributed by atoms with Crippen LogP contribution in [-0.4, -0.2) is 48.0 Å². The molecule has 2 aliphatic rings. The number of anilines is 2. The molecule has 162 valence electrons. The predicted molar refractivity (Wildman–Crippen MR) is 113 cm³/mol. The second-order valence-electron chi connectivity index (χ2n) is 7.49. The van der Waals surface area contributed by atoms with Crippen molar-refractivity contribution in [3.8, 4) is 5.75 Å². The van der Waals surface area contributed by atoms with Crippen LogP contribution in [-0.2, 0) is 16.1 Å². The van der Waals surface area contributed by atoms with E-state index in [9.17, 15) is 19.7 Å². The van der Waals surface area contributed by atoms with Crippen molar-refractivity contribution < 1.29 is 19.2 Å². The van der Waals surface area contributed by atoms with E-state index in [1.807, 2.05) is 12.1 Å². The molecule has 0 bridgehead atoms. The summed E-state index contributed by atoms with van der Waals surface area (Å²) < 4.78 is 5.34. The molecule has 2 amide bonds. The molecule has 0 spiro atoms. The maximum atomic E-state index is 12.6. The molecule has 10 nitrogen and oxygen atoms in total. The summed E-state index contributed by atoms with van der Waals surface area (Å²) in [5, 5.41) is 13.9. The summed E-state index contributed by atoms with van der Waals surface area (Å²) in [4.78, 5) is 43.5. The lowest BCUT2D eigenvalue weighted by Crippen LogP contribution is -2.45. The molecule has 31 heavy (non-hydrogen) atoms. The van der Waals surface area contributed by atoms with Crippen LogP contribution < -0.4 is 19.9 Å². The van der Waals surface area contributed by atoms with E-state index >= 15 is 0 Å². The number of hydrogen-bond acceptors (Lipinski definition) is 7. The van der Waals surface area contributed by atoms with Crippen molar-refractivity contribution in [2.24, 2.45) is 0 Å². The van der Waals surface area contributed by atoms with Gasteiger partial charge in [0, 0.05) is 43.5 Å². The van der Waals surface area contributed by atoms with Crippen LogP contribution in [0.3, 0.4) is 0 Å². The van der Waals surface area contributed by atoms with Crippen LogP contribution in [0.4, 0.5) is 17.2 Å². The molecule has 1 saturated heterocycles. The topological polar surface area (TPSA) is 118 Å². The average molecular weight is 425 g/mol. The van der Waals surface area contributed by atoms with E-state index in [2.05, 4.69) is 15.2 Å². The molecule has 3 heterocycles. The number of hydrogen-bond donors (Lipinski definition) is 1. The minimum absolute atomic E-state index is 0.177. The number of nitrogens with one attached hydrogen (secondary N) is 1. The van der Waals surface area contributed by atoms with E-state index < -0.39 is 10.8 Å². The second-order valence-corrected chi connectivity index (χ2v) is 7.49. The fourth-order valence-corrected chi connectivity index (χ4v) is 3.83. The van der Waals surface area contributed by atoms with Crippen molar-refractivity contribution in [3.05, 3.63) is 52.2 Å². The normalized spacial score (nSPS) is 15.8. The van der Waals surface area contributed by atoms with Crippen LogP contribution in [0.1, 0.15) is 24.8 Å². The van der Waals surface area contributed by atoms with Crippen molar-refractivity contribution in [2.45, 2.75) is 25.8 Å². The summed E-state index contributed by atoms with van der Waals surface area (Å²) in [5.41, 5.74) is 0.946. The van der Waals surface area contributed by atoms with E-state index in [1.54, 1.807) is 6.20 Å². The predicted octanol–water partition coefficient (Wildman–Crippen LogP) is 2.02. The number of aromatic nitrogens is 1. The first-order valence-corrected chi connectivity index (χ1v) is 10.2. The Morgan fingerprint density at radius 1 is 1.23 bits per heavy atom. The van der Waals surface area contributed by atoms with Gasteiger partial charge >= 0.3 is 0 Å². The van der Waals surface area contributed by atoms with E-state index in [0.717, 1.165) is 37.3 Å². The summed E-state index contributed by atoms with van der Waals surface area (Å²) in [7, 11) is 0. The van der Waals surface area contributed by atoms with Gasteiger partial charge in [-0.15, -0.1) is 0 Å². The van der Waals surface area contributed by atoms with E-state index in [1.165, 1.54) is 29.5 Å². The number of non-ortho nitro benzene ring substituents is 1. The lowest BCUT2D eigenvalue weighted by Gasteiger charge is -2.30. The van der Waals surface area contributed by atoms with Crippen molar-refractivity contribution in [3.63, 3.8) is 0 Å². The Hall–Kier alpha value is -3.69. The van der Waals surface area contributed by atoms with Gasteiger partial charge in [0.05, 0.1) is 10.6 Å². The number of ether oxygens (including phenoxy) is 1. The number of rotatable bonds is 6. The first-order valence-electron chi connectivity index (χ1n) is 10.2. The van der Waals surface area contributed by atoms with Crippen LogP contribution in [0, 0.1) is 10.1 Å². The van der Waals surface area contributed by atoms with Crippen LogP contribution in [0.25, 0.3) is 0 Å². The van der Waals surface area contributed by atoms with Gasteiger partial charge in [0.25, 0.3) is 11.6 Å². The molecule has 2 aromatic rings. The molecule has 10 heteroatoms. The molecule has 1 fully saturated rings. The number of fused-ring (bicyclic) bond motifs is 1. The number of amides is 2. The highest BCUT2D eigenvalue weighted by Crippen LogP contribution is 2.35. The zero-order valence-electron chi connectivity index (χ0n) is 17.0. The number of nitrogens with zero attached hydrogens (tertiary/aromatic N) is 4. The Bertz CT molecular complexity index is 1010. The molecular weight excluding hydrogens is 402 g/mol. The molecule has 0 atom stereocenters. The lowest BCUT2D eigenvalue weighted by atomic mass is 10.1. The van der Waals surface area contributed by atoms with Gasteiger partial charge in [-0.05, 0) is 31.4 Å². The molecule has 4 rings (SSSR count). The van der Waals surface area contributed by atoms with Gasteiger partial charge in [0.2, 0.25) is 5.91 Å². The number of nitro groups is 1. The number of carbonyl (C=O) groups excluding carboxylic acids is 2. The number of pyridine rings is 1. The first kappa shape index (κ1) is 20.6. The molecule has 0 radical (unpaired) electrons. The molecular formula is C21H23N5O5. The fraction of sp³-hybridized carbons (Fsp3) is 0.381. The smallest absolute Gasteiger partial charge is 0.271 e. The van der Waals surface area contributed by atoms with Crippen LogP contribution >= 0.6 is 0 Å². The quantitative estimate of drug-likeness (QED) is 0.556. The van der Waals surface area contributed by atoms with Crippen molar-refractivity contribution in [2.75, 3.05) is 36.0 Å². The molecule has 0 unspecified atom stereocenters. The van der Waals surface area contributed by atoms with Gasteiger partial charge in [-0.3, -0.25) is 24.6 Å². The van der Waals surface area contributed by atoms with Crippen LogP contribution in [0.2, 0.25) is 0 Å². The monoisotopic (exact) mass is 425 g/mol. The standard InChI is InChI=1S/C21H23N5O5/c27-19(23-12-15-5-4-8-22-21(15)24-9-2-1-3-10-24)13-25-17-11-16(26(29)30)6-7-18(17)31-14-20(25)28/h4-8,11H,1-3,9-10,12-14H2,(H,23,27). The zero-order valence-corrected chi connectivity index (χ0v) is 17.0. The highest BCUT2D eigenvalue weighted by atomic mass is 16.6. The maximum absolute atomic E-state index is 12.6. The molecule has 1 aromatic carbocycles. The summed E-state index contributed by atoms with van der Waals surface area (Å²) in [5.74, 6) is 0.392. The van der Waals surface area contributed by atoms with E-state index in [-0.39, 0.29) is 37.0 Å². The Morgan fingerprint density at radius 2 is 2.03 bits per heavy atom. The number of benzene rings is 1. The van der Waals surface area contributed by atoms with Gasteiger partial charge in [-0.25, -0.2) is 4.98 Å². The number of carbonyl (C=O) groups is 2. The van der Waals surface area contributed by atoms with Gasteiger partial charge in [0.15, 0.2) is 6.61 Å². The molecule has 1 N–H and O–H groups in total. The molecule has 0 saturated carbocycles. The Morgan fingerprint density at radius 3 is 2.81 bits per heavy atom. The Kier molecular flexibility index (Phi) is 5.96. The molecule has 1 aromatic heterocycles. The van der Waals surface area contributed by atoms with Crippen molar-refractivity contribution in [1.82, 2.24) is 10.3 Å². The summed E-state index contributed by atoms with van der Waals surface area (Å²) in [6.07, 6.45) is 5.19. The third-order valence-corrected chi connectivity index (χ3v) is 5.40. The molecule has 2 aliphatic heterocycles. The van der Waals surface area contributed by atoms with Gasteiger partial charge in [-0.2, -0.15) is 0 Å². The molecule has 0 aliphatic carbocycles. The van der Waals surface area contributed by atoms with Crippen LogP contribution in [0.5, 0.6) is 5.75 Å². The number of piperidine rings is 1. The van der Waals surface area contributed by atoms with Gasteiger partial charge in [-0.1, -0.05) is 6.07 Å². The minimum atomic E-state index is -0.553.